The number of carbonyl (C=O) groups excluding carboxylic acids is 2. The van der Waals surface area contributed by atoms with Crippen LogP contribution in [0.4, 0.5) is 4.79 Å². The fourth-order valence-electron chi connectivity index (χ4n) is 2.27. The standard InChI is InChI=1S/C19H26N2O3S2/c1-19(2,3)24-18(23)20(4)10-9-17(22)21(13-15-7-5-11-25-15)14-16-8-6-12-26-16/h5-8,11-12H,9-10,13-14H2,1-4H3. The summed E-state index contributed by atoms with van der Waals surface area (Å²) < 4.78 is 5.33. The van der Waals surface area contributed by atoms with Crippen molar-refractivity contribution < 1.29 is 14.3 Å². The van der Waals surface area contributed by atoms with E-state index in [1.807, 2.05) is 60.7 Å². The lowest BCUT2D eigenvalue weighted by Gasteiger charge is -2.26. The largest absolute Gasteiger partial charge is 0.444 e. The Bertz CT molecular complexity index is 655. The van der Waals surface area contributed by atoms with Gasteiger partial charge in [0.25, 0.3) is 0 Å². The van der Waals surface area contributed by atoms with Gasteiger partial charge in [-0.1, -0.05) is 12.1 Å². The summed E-state index contributed by atoms with van der Waals surface area (Å²) in [5.74, 6) is 0.0298. The summed E-state index contributed by atoms with van der Waals surface area (Å²) in [6, 6.07) is 8.05. The van der Waals surface area contributed by atoms with Crippen molar-refractivity contribution in [1.82, 2.24) is 9.80 Å². The van der Waals surface area contributed by atoms with E-state index in [2.05, 4.69) is 0 Å². The van der Waals surface area contributed by atoms with Gasteiger partial charge in [-0.05, 0) is 43.7 Å². The highest BCUT2D eigenvalue weighted by Gasteiger charge is 2.21. The Morgan fingerprint density at radius 2 is 1.58 bits per heavy atom. The van der Waals surface area contributed by atoms with Crippen molar-refractivity contribution in [2.75, 3.05) is 13.6 Å². The summed E-state index contributed by atoms with van der Waals surface area (Å²) in [5.41, 5.74) is -0.542. The number of carbonyl (C=O) groups is 2. The average Bonchev–Trinajstić information content (AvgIpc) is 3.23. The van der Waals surface area contributed by atoms with E-state index in [1.54, 1.807) is 29.7 Å². The van der Waals surface area contributed by atoms with E-state index in [0.717, 1.165) is 9.75 Å². The monoisotopic (exact) mass is 394 g/mol. The molecule has 142 valence electrons. The topological polar surface area (TPSA) is 49.9 Å². The minimum absolute atomic E-state index is 0.0298. The predicted octanol–water partition coefficient (Wildman–Crippen LogP) is 4.60. The van der Waals surface area contributed by atoms with Crippen LogP contribution in [0.5, 0.6) is 0 Å². The highest BCUT2D eigenvalue weighted by molar-refractivity contribution is 7.10. The SMILES string of the molecule is CN(CCC(=O)N(Cc1cccs1)Cc1cccs1)C(=O)OC(C)(C)C. The van der Waals surface area contributed by atoms with Crippen LogP contribution >= 0.6 is 22.7 Å². The highest BCUT2D eigenvalue weighted by Crippen LogP contribution is 2.18. The van der Waals surface area contributed by atoms with Gasteiger partial charge in [-0.15, -0.1) is 22.7 Å². The second-order valence-corrected chi connectivity index (χ2v) is 9.12. The van der Waals surface area contributed by atoms with Crippen LogP contribution in [0, 0.1) is 0 Å². The Hall–Kier alpha value is -1.86. The van der Waals surface area contributed by atoms with Crippen molar-refractivity contribution in [2.45, 2.75) is 45.9 Å². The molecule has 2 aromatic rings. The molecule has 0 aliphatic heterocycles. The molecule has 26 heavy (non-hydrogen) atoms. The zero-order chi connectivity index (χ0) is 19.2. The number of thiophene rings is 2. The van der Waals surface area contributed by atoms with Gasteiger partial charge >= 0.3 is 6.09 Å². The first-order chi connectivity index (χ1) is 12.2. The third-order valence-electron chi connectivity index (χ3n) is 3.57. The van der Waals surface area contributed by atoms with Gasteiger partial charge in [0.1, 0.15) is 5.60 Å². The molecule has 2 rings (SSSR count). The molecule has 5 nitrogen and oxygen atoms in total. The minimum Gasteiger partial charge on any atom is -0.444 e. The summed E-state index contributed by atoms with van der Waals surface area (Å²) in [5, 5.41) is 4.03. The Labute approximate surface area is 163 Å². The molecule has 0 unspecified atom stereocenters. The summed E-state index contributed by atoms with van der Waals surface area (Å²) in [7, 11) is 1.66. The maximum Gasteiger partial charge on any atom is 0.410 e. The van der Waals surface area contributed by atoms with Gasteiger partial charge < -0.3 is 14.5 Å². The van der Waals surface area contributed by atoms with Gasteiger partial charge in [-0.3, -0.25) is 4.79 Å². The molecule has 2 amide bonds. The zero-order valence-corrected chi connectivity index (χ0v) is 17.4. The minimum atomic E-state index is -0.542. The maximum absolute atomic E-state index is 12.8. The molecule has 0 N–H and O–H groups in total. The maximum atomic E-state index is 12.8. The fraction of sp³-hybridized carbons (Fsp3) is 0.474. The normalized spacial score (nSPS) is 11.2. The number of hydrogen-bond acceptors (Lipinski definition) is 5. The van der Waals surface area contributed by atoms with Gasteiger partial charge in [-0.2, -0.15) is 0 Å². The molecule has 0 aliphatic rings. The summed E-state index contributed by atoms with van der Waals surface area (Å²) in [6.07, 6.45) is -0.139. The van der Waals surface area contributed by atoms with Gasteiger partial charge in [0, 0.05) is 29.8 Å². The molecule has 0 saturated carbocycles. The lowest BCUT2D eigenvalue weighted by Crippen LogP contribution is -2.37. The Morgan fingerprint density at radius 1 is 1.04 bits per heavy atom. The molecular formula is C19H26N2O3S2. The van der Waals surface area contributed by atoms with Gasteiger partial charge in [0.05, 0.1) is 13.1 Å². The molecule has 0 radical (unpaired) electrons. The van der Waals surface area contributed by atoms with Crippen molar-refractivity contribution in [3.8, 4) is 0 Å². The number of rotatable bonds is 7. The summed E-state index contributed by atoms with van der Waals surface area (Å²) >= 11 is 3.28. The molecule has 7 heteroatoms. The van der Waals surface area contributed by atoms with Crippen molar-refractivity contribution in [1.29, 1.82) is 0 Å². The van der Waals surface area contributed by atoms with Crippen LogP contribution in [0.2, 0.25) is 0 Å². The van der Waals surface area contributed by atoms with Gasteiger partial charge in [0.15, 0.2) is 0 Å². The molecule has 0 atom stereocenters. The van der Waals surface area contributed by atoms with Gasteiger partial charge in [0.2, 0.25) is 5.91 Å². The van der Waals surface area contributed by atoms with Crippen LogP contribution in [0.1, 0.15) is 36.9 Å². The van der Waals surface area contributed by atoms with E-state index in [1.165, 1.54) is 4.90 Å². The van der Waals surface area contributed by atoms with Crippen molar-refractivity contribution >= 4 is 34.7 Å². The van der Waals surface area contributed by atoms with Crippen LogP contribution < -0.4 is 0 Å². The van der Waals surface area contributed by atoms with Crippen LogP contribution in [-0.4, -0.2) is 41.0 Å². The van der Waals surface area contributed by atoms with Crippen LogP contribution in [-0.2, 0) is 22.6 Å². The average molecular weight is 395 g/mol. The van der Waals surface area contributed by atoms with Crippen molar-refractivity contribution in [3.05, 3.63) is 44.8 Å². The molecule has 0 bridgehead atoms. The zero-order valence-electron chi connectivity index (χ0n) is 15.7. The Morgan fingerprint density at radius 3 is 2.00 bits per heavy atom. The number of ether oxygens (including phenoxy) is 1. The van der Waals surface area contributed by atoms with Crippen LogP contribution in [0.3, 0.4) is 0 Å². The van der Waals surface area contributed by atoms with Crippen molar-refractivity contribution in [3.63, 3.8) is 0 Å². The lowest BCUT2D eigenvalue weighted by atomic mass is 10.2. The van der Waals surface area contributed by atoms with E-state index in [0.29, 0.717) is 19.6 Å². The first-order valence-electron chi connectivity index (χ1n) is 8.51. The quantitative estimate of drug-likeness (QED) is 0.690. The first kappa shape index (κ1) is 20.5. The molecular weight excluding hydrogens is 368 g/mol. The molecule has 0 aliphatic carbocycles. The lowest BCUT2D eigenvalue weighted by molar-refractivity contribution is -0.132. The third kappa shape index (κ3) is 6.80. The smallest absolute Gasteiger partial charge is 0.410 e. The van der Waals surface area contributed by atoms with E-state index >= 15 is 0 Å². The second kappa shape index (κ2) is 9.19. The molecule has 0 saturated heterocycles. The molecule has 0 spiro atoms. The summed E-state index contributed by atoms with van der Waals surface area (Å²) in [4.78, 5) is 30.4. The summed E-state index contributed by atoms with van der Waals surface area (Å²) in [6.45, 7) is 6.99. The highest BCUT2D eigenvalue weighted by atomic mass is 32.1. The molecule has 2 aromatic heterocycles. The Kier molecular flexibility index (Phi) is 7.23. The fourth-order valence-corrected chi connectivity index (χ4v) is 3.71. The van der Waals surface area contributed by atoms with Crippen molar-refractivity contribution in [2.24, 2.45) is 0 Å². The van der Waals surface area contributed by atoms with Gasteiger partial charge in [-0.25, -0.2) is 4.79 Å². The molecule has 2 heterocycles. The Balaban J connectivity index is 1.94. The number of amides is 2. The van der Waals surface area contributed by atoms with Crippen LogP contribution in [0.25, 0.3) is 0 Å². The van der Waals surface area contributed by atoms with E-state index in [4.69, 9.17) is 4.74 Å². The molecule has 0 aromatic carbocycles. The van der Waals surface area contributed by atoms with E-state index in [-0.39, 0.29) is 12.3 Å². The van der Waals surface area contributed by atoms with Crippen LogP contribution in [0.15, 0.2) is 35.0 Å². The number of hydrogen-bond donors (Lipinski definition) is 0. The second-order valence-electron chi connectivity index (χ2n) is 7.06. The first-order valence-corrected chi connectivity index (χ1v) is 10.3. The van der Waals surface area contributed by atoms with E-state index < -0.39 is 11.7 Å². The number of nitrogens with zero attached hydrogens (tertiary/aromatic N) is 2. The van der Waals surface area contributed by atoms with E-state index in [9.17, 15) is 9.59 Å². The molecule has 0 fully saturated rings. The third-order valence-corrected chi connectivity index (χ3v) is 5.29. The predicted molar refractivity (Wildman–Crippen MR) is 106 cm³/mol.